The largest absolute Gasteiger partial charge is 0.467 e. The molecule has 2 aromatic carbocycles. The zero-order chi connectivity index (χ0) is 23.4. The molecule has 2 heterocycles. The lowest BCUT2D eigenvalue weighted by atomic mass is 10.2. The molecule has 0 aliphatic carbocycles. The maximum absolute atomic E-state index is 12.5. The number of nitrogens with zero attached hydrogens (tertiary/aromatic N) is 4. The van der Waals surface area contributed by atoms with Crippen molar-refractivity contribution in [3.63, 3.8) is 0 Å². The van der Waals surface area contributed by atoms with Crippen LogP contribution in [-0.4, -0.2) is 31.3 Å². The van der Waals surface area contributed by atoms with Crippen LogP contribution in [0.2, 0.25) is 5.02 Å². The second-order valence-corrected chi connectivity index (χ2v) is 8.45. The first kappa shape index (κ1) is 22.6. The van der Waals surface area contributed by atoms with Crippen LogP contribution < -0.4 is 5.32 Å². The van der Waals surface area contributed by atoms with E-state index in [0.717, 1.165) is 11.3 Å². The van der Waals surface area contributed by atoms with Crippen LogP contribution in [-0.2, 0) is 11.3 Å². The summed E-state index contributed by atoms with van der Waals surface area (Å²) in [6.07, 6.45) is 1.59. The minimum absolute atomic E-state index is 0.0272. The van der Waals surface area contributed by atoms with Crippen molar-refractivity contribution >= 4 is 40.6 Å². The number of hydrogen-bond donors (Lipinski definition) is 1. The van der Waals surface area contributed by atoms with Gasteiger partial charge in [-0.25, -0.2) is 0 Å². The van der Waals surface area contributed by atoms with Crippen molar-refractivity contribution in [1.82, 2.24) is 14.8 Å². The van der Waals surface area contributed by atoms with Crippen molar-refractivity contribution in [1.29, 1.82) is 0 Å². The van der Waals surface area contributed by atoms with E-state index < -0.39 is 4.92 Å². The van der Waals surface area contributed by atoms with Gasteiger partial charge in [0.05, 0.1) is 23.5 Å². The summed E-state index contributed by atoms with van der Waals surface area (Å²) in [6, 6.07) is 15.2. The molecule has 9 nitrogen and oxygen atoms in total. The molecule has 0 saturated heterocycles. The highest BCUT2D eigenvalue weighted by atomic mass is 35.5. The number of aromatic nitrogens is 3. The Morgan fingerprint density at radius 1 is 1.21 bits per heavy atom. The van der Waals surface area contributed by atoms with Crippen LogP contribution in [0.5, 0.6) is 0 Å². The molecule has 0 aliphatic heterocycles. The number of carbonyl (C=O) groups is 1. The average molecular weight is 484 g/mol. The molecule has 0 unspecified atom stereocenters. The van der Waals surface area contributed by atoms with Gasteiger partial charge >= 0.3 is 0 Å². The minimum Gasteiger partial charge on any atom is -0.467 e. The third-order valence-corrected chi connectivity index (χ3v) is 5.96. The van der Waals surface area contributed by atoms with Crippen molar-refractivity contribution in [2.45, 2.75) is 18.6 Å². The molecule has 1 N–H and O–H groups in total. The predicted octanol–water partition coefficient (Wildman–Crippen LogP) is 5.19. The van der Waals surface area contributed by atoms with Crippen molar-refractivity contribution in [3.05, 3.63) is 87.3 Å². The van der Waals surface area contributed by atoms with Crippen LogP contribution in [0, 0.1) is 17.0 Å². The Balaban J connectivity index is 1.51. The lowest BCUT2D eigenvalue weighted by molar-refractivity contribution is -0.384. The van der Waals surface area contributed by atoms with Gasteiger partial charge in [0, 0.05) is 28.4 Å². The van der Waals surface area contributed by atoms with Gasteiger partial charge in [-0.15, -0.1) is 10.2 Å². The molecule has 4 aromatic rings. The third-order valence-electron chi connectivity index (χ3n) is 4.74. The molecule has 33 heavy (non-hydrogen) atoms. The number of nitro groups is 1. The zero-order valence-corrected chi connectivity index (χ0v) is 19.0. The topological polar surface area (TPSA) is 116 Å². The summed E-state index contributed by atoms with van der Waals surface area (Å²) in [5, 5.41) is 23.4. The Kier molecular flexibility index (Phi) is 6.76. The summed E-state index contributed by atoms with van der Waals surface area (Å²) in [6.45, 7) is 2.09. The predicted molar refractivity (Wildman–Crippen MR) is 125 cm³/mol. The lowest BCUT2D eigenvalue weighted by Gasteiger charge is -2.10. The quantitative estimate of drug-likeness (QED) is 0.208. The number of thioether (sulfide) groups is 1. The van der Waals surface area contributed by atoms with Crippen LogP contribution >= 0.6 is 23.4 Å². The molecule has 0 saturated carbocycles. The van der Waals surface area contributed by atoms with Crippen LogP contribution in [0.25, 0.3) is 11.4 Å². The van der Waals surface area contributed by atoms with E-state index in [4.69, 9.17) is 16.0 Å². The zero-order valence-electron chi connectivity index (χ0n) is 17.4. The Labute approximate surface area is 197 Å². The van der Waals surface area contributed by atoms with Crippen LogP contribution in [0.3, 0.4) is 0 Å². The second-order valence-electron chi connectivity index (χ2n) is 7.07. The average Bonchev–Trinajstić information content (AvgIpc) is 3.45. The second kappa shape index (κ2) is 9.88. The number of anilines is 1. The standard InChI is InChI=1S/C22H18ClN5O4S/c1-14-11-17(28(30)31)8-9-19(14)24-20(29)13-33-22-26-25-21(15-4-6-16(23)7-5-15)27(22)12-18-3-2-10-32-18/h2-11H,12-13H2,1H3,(H,24,29). The number of furan rings is 1. The fraction of sp³-hybridized carbons (Fsp3) is 0.136. The van der Waals surface area contributed by atoms with Crippen LogP contribution in [0.15, 0.2) is 70.4 Å². The van der Waals surface area contributed by atoms with Gasteiger partial charge in [0.25, 0.3) is 5.69 Å². The fourth-order valence-electron chi connectivity index (χ4n) is 3.13. The van der Waals surface area contributed by atoms with E-state index in [1.54, 1.807) is 31.4 Å². The molecule has 4 rings (SSSR count). The van der Waals surface area contributed by atoms with Gasteiger partial charge < -0.3 is 9.73 Å². The summed E-state index contributed by atoms with van der Waals surface area (Å²) in [5.41, 5.74) is 1.93. The van der Waals surface area contributed by atoms with E-state index in [2.05, 4.69) is 15.5 Å². The molecule has 2 aromatic heterocycles. The first-order chi connectivity index (χ1) is 15.9. The highest BCUT2D eigenvalue weighted by Crippen LogP contribution is 2.27. The minimum atomic E-state index is -0.474. The van der Waals surface area contributed by atoms with E-state index >= 15 is 0 Å². The Hall–Kier alpha value is -3.63. The molecule has 0 spiro atoms. The summed E-state index contributed by atoms with van der Waals surface area (Å²) in [5.74, 6) is 1.15. The Morgan fingerprint density at radius 2 is 2.00 bits per heavy atom. The van der Waals surface area contributed by atoms with Gasteiger partial charge in [0.15, 0.2) is 11.0 Å². The van der Waals surface area contributed by atoms with E-state index in [9.17, 15) is 14.9 Å². The summed E-state index contributed by atoms with van der Waals surface area (Å²) in [7, 11) is 0. The summed E-state index contributed by atoms with van der Waals surface area (Å²) >= 11 is 7.24. The number of carbonyl (C=O) groups excluding carboxylic acids is 1. The molecular formula is C22H18ClN5O4S. The van der Waals surface area contributed by atoms with Gasteiger partial charge in [0.2, 0.25) is 5.91 Å². The van der Waals surface area contributed by atoms with Gasteiger partial charge in [-0.2, -0.15) is 0 Å². The fourth-order valence-corrected chi connectivity index (χ4v) is 3.99. The monoisotopic (exact) mass is 483 g/mol. The number of hydrogen-bond acceptors (Lipinski definition) is 7. The first-order valence-corrected chi connectivity index (χ1v) is 11.2. The van der Waals surface area contributed by atoms with Gasteiger partial charge in [-0.1, -0.05) is 23.4 Å². The molecule has 1 amide bonds. The number of non-ortho nitro benzene ring substituents is 1. The number of aryl methyl sites for hydroxylation is 1. The number of nitro benzene ring substituents is 1. The van der Waals surface area contributed by atoms with Gasteiger partial charge in [-0.05, 0) is 55.0 Å². The summed E-state index contributed by atoms with van der Waals surface area (Å²) < 4.78 is 7.35. The molecular weight excluding hydrogens is 466 g/mol. The highest BCUT2D eigenvalue weighted by molar-refractivity contribution is 7.99. The van der Waals surface area contributed by atoms with Crippen LogP contribution in [0.4, 0.5) is 11.4 Å². The van der Waals surface area contributed by atoms with Crippen molar-refractivity contribution < 1.29 is 14.1 Å². The number of halogens is 1. The number of benzene rings is 2. The lowest BCUT2D eigenvalue weighted by Crippen LogP contribution is -2.15. The van der Waals surface area contributed by atoms with Crippen molar-refractivity contribution in [2.75, 3.05) is 11.1 Å². The highest BCUT2D eigenvalue weighted by Gasteiger charge is 2.18. The first-order valence-electron chi connectivity index (χ1n) is 9.80. The molecule has 0 radical (unpaired) electrons. The van der Waals surface area contributed by atoms with E-state index in [1.807, 2.05) is 22.8 Å². The van der Waals surface area contributed by atoms with Gasteiger partial charge in [-0.3, -0.25) is 19.5 Å². The molecule has 0 atom stereocenters. The molecule has 0 fully saturated rings. The van der Waals surface area contributed by atoms with E-state index in [-0.39, 0.29) is 17.3 Å². The number of amides is 1. The van der Waals surface area contributed by atoms with E-state index in [0.29, 0.717) is 33.8 Å². The van der Waals surface area contributed by atoms with Crippen molar-refractivity contribution in [2.24, 2.45) is 0 Å². The smallest absolute Gasteiger partial charge is 0.269 e. The molecule has 0 aliphatic rings. The van der Waals surface area contributed by atoms with Crippen LogP contribution in [0.1, 0.15) is 11.3 Å². The molecule has 0 bridgehead atoms. The van der Waals surface area contributed by atoms with E-state index in [1.165, 1.54) is 30.0 Å². The SMILES string of the molecule is Cc1cc([N+](=O)[O-])ccc1NC(=O)CSc1nnc(-c2ccc(Cl)cc2)n1Cc1ccco1. The summed E-state index contributed by atoms with van der Waals surface area (Å²) in [4.78, 5) is 23.0. The number of rotatable bonds is 8. The van der Waals surface area contributed by atoms with Crippen molar-refractivity contribution in [3.8, 4) is 11.4 Å². The normalized spacial score (nSPS) is 10.8. The number of nitrogens with one attached hydrogen (secondary N) is 1. The molecule has 11 heteroatoms. The Bertz CT molecular complexity index is 1290. The van der Waals surface area contributed by atoms with Gasteiger partial charge in [0.1, 0.15) is 5.76 Å². The third kappa shape index (κ3) is 5.41. The maximum Gasteiger partial charge on any atom is 0.269 e. The Morgan fingerprint density at radius 3 is 2.67 bits per heavy atom. The molecule has 168 valence electrons. The maximum atomic E-state index is 12.5.